The van der Waals surface area contributed by atoms with Gasteiger partial charge in [0, 0.05) is 18.2 Å². The maximum absolute atomic E-state index is 12.5. The highest BCUT2D eigenvalue weighted by atomic mass is 16.4. The third kappa shape index (κ3) is 3.87. The molecular formula is C16H20N2O5. The van der Waals surface area contributed by atoms with Crippen molar-refractivity contribution in [2.24, 2.45) is 5.73 Å². The molecule has 23 heavy (non-hydrogen) atoms. The fourth-order valence-electron chi connectivity index (χ4n) is 2.89. The summed E-state index contributed by atoms with van der Waals surface area (Å²) in [6.45, 7) is 1.89. The van der Waals surface area contributed by atoms with Crippen LogP contribution in [0.4, 0.5) is 5.69 Å². The second kappa shape index (κ2) is 6.78. The molecule has 1 aromatic carbocycles. The third-order valence-electron chi connectivity index (χ3n) is 3.94. The molecule has 2 unspecified atom stereocenters. The van der Waals surface area contributed by atoms with E-state index in [9.17, 15) is 14.4 Å². The molecule has 0 aromatic heterocycles. The lowest BCUT2D eigenvalue weighted by Gasteiger charge is -2.25. The van der Waals surface area contributed by atoms with Gasteiger partial charge in [0.25, 0.3) is 0 Å². The number of hydrogen-bond acceptors (Lipinski definition) is 4. The monoisotopic (exact) mass is 320 g/mol. The molecule has 2 rings (SSSR count). The van der Waals surface area contributed by atoms with Crippen LogP contribution in [-0.2, 0) is 27.2 Å². The van der Waals surface area contributed by atoms with Crippen molar-refractivity contribution in [2.45, 2.75) is 44.7 Å². The van der Waals surface area contributed by atoms with Gasteiger partial charge in [-0.25, -0.2) is 0 Å². The molecule has 1 aliphatic rings. The molecule has 1 aromatic rings. The van der Waals surface area contributed by atoms with E-state index in [0.717, 1.165) is 11.3 Å². The SMILES string of the molecule is CC1Cc2cc(CC(=O)O)ccc2N1C(=O)C(N)CCC(=O)O. The van der Waals surface area contributed by atoms with Gasteiger partial charge in [0.15, 0.2) is 0 Å². The van der Waals surface area contributed by atoms with E-state index in [1.807, 2.05) is 6.92 Å². The number of carboxylic acid groups (broad SMARTS) is 2. The van der Waals surface area contributed by atoms with E-state index in [4.69, 9.17) is 15.9 Å². The summed E-state index contributed by atoms with van der Waals surface area (Å²) >= 11 is 0. The van der Waals surface area contributed by atoms with Crippen molar-refractivity contribution in [3.63, 3.8) is 0 Å². The van der Waals surface area contributed by atoms with Gasteiger partial charge in [-0.05, 0) is 37.0 Å². The number of benzene rings is 1. The first kappa shape index (κ1) is 17.0. The molecule has 1 heterocycles. The number of rotatable bonds is 6. The zero-order chi connectivity index (χ0) is 17.1. The van der Waals surface area contributed by atoms with Crippen molar-refractivity contribution in [3.8, 4) is 0 Å². The van der Waals surface area contributed by atoms with E-state index in [0.29, 0.717) is 12.0 Å². The molecule has 0 fully saturated rings. The van der Waals surface area contributed by atoms with E-state index in [1.165, 1.54) is 0 Å². The number of aliphatic carboxylic acids is 2. The molecule has 0 aliphatic carbocycles. The minimum Gasteiger partial charge on any atom is -0.481 e. The van der Waals surface area contributed by atoms with E-state index < -0.39 is 18.0 Å². The highest BCUT2D eigenvalue weighted by Crippen LogP contribution is 2.33. The summed E-state index contributed by atoms with van der Waals surface area (Å²) in [5.41, 5.74) is 8.15. The Labute approximate surface area is 133 Å². The molecule has 7 heteroatoms. The van der Waals surface area contributed by atoms with Gasteiger partial charge in [-0.15, -0.1) is 0 Å². The van der Waals surface area contributed by atoms with Gasteiger partial charge in [0.05, 0.1) is 12.5 Å². The van der Waals surface area contributed by atoms with Crippen molar-refractivity contribution < 1.29 is 24.6 Å². The molecule has 124 valence electrons. The zero-order valence-electron chi connectivity index (χ0n) is 12.9. The fourth-order valence-corrected chi connectivity index (χ4v) is 2.89. The average Bonchev–Trinajstić information content (AvgIpc) is 2.78. The first-order valence-corrected chi connectivity index (χ1v) is 7.43. The number of carboxylic acids is 2. The van der Waals surface area contributed by atoms with Crippen LogP contribution in [0.25, 0.3) is 0 Å². The van der Waals surface area contributed by atoms with Crippen LogP contribution in [0.5, 0.6) is 0 Å². The minimum atomic E-state index is -0.985. The molecule has 2 atom stereocenters. The molecular weight excluding hydrogens is 300 g/mol. The Morgan fingerprint density at radius 2 is 2.00 bits per heavy atom. The topological polar surface area (TPSA) is 121 Å². The number of carbonyl (C=O) groups excluding carboxylic acids is 1. The summed E-state index contributed by atoms with van der Waals surface area (Å²) in [7, 11) is 0. The summed E-state index contributed by atoms with van der Waals surface area (Å²) in [6, 6.07) is 4.27. The van der Waals surface area contributed by atoms with E-state index >= 15 is 0 Å². The van der Waals surface area contributed by atoms with E-state index in [1.54, 1.807) is 23.1 Å². The van der Waals surface area contributed by atoms with Crippen LogP contribution >= 0.6 is 0 Å². The van der Waals surface area contributed by atoms with E-state index in [2.05, 4.69) is 0 Å². The Kier molecular flexibility index (Phi) is 5.00. The number of nitrogens with zero attached hydrogens (tertiary/aromatic N) is 1. The molecule has 1 aliphatic heterocycles. The molecule has 0 spiro atoms. The van der Waals surface area contributed by atoms with Gasteiger partial charge in [-0.2, -0.15) is 0 Å². The molecule has 0 saturated carbocycles. The smallest absolute Gasteiger partial charge is 0.307 e. The predicted molar refractivity (Wildman–Crippen MR) is 83.3 cm³/mol. The Hall–Kier alpha value is -2.41. The summed E-state index contributed by atoms with van der Waals surface area (Å²) in [4.78, 5) is 35.5. The van der Waals surface area contributed by atoms with Crippen LogP contribution in [0.2, 0.25) is 0 Å². The van der Waals surface area contributed by atoms with Crippen LogP contribution in [0.1, 0.15) is 30.9 Å². The van der Waals surface area contributed by atoms with E-state index in [-0.39, 0.29) is 31.2 Å². The Bertz CT molecular complexity index is 643. The maximum Gasteiger partial charge on any atom is 0.307 e. The van der Waals surface area contributed by atoms with Crippen molar-refractivity contribution in [1.82, 2.24) is 0 Å². The largest absolute Gasteiger partial charge is 0.481 e. The molecule has 0 saturated heterocycles. The quantitative estimate of drug-likeness (QED) is 0.712. The van der Waals surface area contributed by atoms with Gasteiger partial charge in [-0.3, -0.25) is 14.4 Å². The summed E-state index contributed by atoms with van der Waals surface area (Å²) < 4.78 is 0. The number of anilines is 1. The lowest BCUT2D eigenvalue weighted by atomic mass is 10.1. The molecule has 0 radical (unpaired) electrons. The Morgan fingerprint density at radius 3 is 2.61 bits per heavy atom. The number of nitrogens with two attached hydrogens (primary N) is 1. The highest BCUT2D eigenvalue weighted by molar-refractivity contribution is 5.99. The number of hydrogen-bond donors (Lipinski definition) is 3. The fraction of sp³-hybridized carbons (Fsp3) is 0.438. The van der Waals surface area contributed by atoms with Gasteiger partial charge >= 0.3 is 11.9 Å². The maximum atomic E-state index is 12.5. The lowest BCUT2D eigenvalue weighted by molar-refractivity contribution is -0.138. The molecule has 4 N–H and O–H groups in total. The van der Waals surface area contributed by atoms with Crippen molar-refractivity contribution in [2.75, 3.05) is 4.90 Å². The van der Waals surface area contributed by atoms with Crippen LogP contribution in [-0.4, -0.2) is 40.1 Å². The molecule has 1 amide bonds. The van der Waals surface area contributed by atoms with Gasteiger partial charge in [0.1, 0.15) is 0 Å². The Morgan fingerprint density at radius 1 is 1.30 bits per heavy atom. The number of amides is 1. The van der Waals surface area contributed by atoms with Crippen molar-refractivity contribution in [3.05, 3.63) is 29.3 Å². The minimum absolute atomic E-state index is 0.0618. The van der Waals surface area contributed by atoms with Gasteiger partial charge < -0.3 is 20.8 Å². The Balaban J connectivity index is 2.17. The van der Waals surface area contributed by atoms with Crippen LogP contribution < -0.4 is 10.6 Å². The lowest BCUT2D eigenvalue weighted by Crippen LogP contribution is -2.46. The summed E-state index contributed by atoms with van der Waals surface area (Å²) in [5, 5.41) is 17.5. The molecule has 0 bridgehead atoms. The van der Waals surface area contributed by atoms with Gasteiger partial charge in [-0.1, -0.05) is 12.1 Å². The van der Waals surface area contributed by atoms with Crippen molar-refractivity contribution in [1.29, 1.82) is 0 Å². The van der Waals surface area contributed by atoms with Crippen LogP contribution in [0.15, 0.2) is 18.2 Å². The first-order valence-electron chi connectivity index (χ1n) is 7.43. The predicted octanol–water partition coefficient (Wildman–Crippen LogP) is 0.783. The van der Waals surface area contributed by atoms with Crippen LogP contribution in [0, 0.1) is 0 Å². The zero-order valence-corrected chi connectivity index (χ0v) is 12.9. The first-order chi connectivity index (χ1) is 10.8. The normalized spacial score (nSPS) is 17.7. The second-order valence-electron chi connectivity index (χ2n) is 5.83. The van der Waals surface area contributed by atoms with Crippen molar-refractivity contribution >= 4 is 23.5 Å². The number of fused-ring (bicyclic) bond motifs is 1. The second-order valence-corrected chi connectivity index (χ2v) is 5.83. The number of carbonyl (C=O) groups is 3. The highest BCUT2D eigenvalue weighted by Gasteiger charge is 2.33. The standard InChI is InChI=1S/C16H20N2O5/c1-9-6-11-7-10(8-15(21)22)2-4-13(11)18(9)16(23)12(17)3-5-14(19)20/h2,4,7,9,12H,3,5-6,8,17H2,1H3,(H,19,20)(H,21,22). The summed E-state index contributed by atoms with van der Waals surface area (Å²) in [6.07, 6.45) is 0.497. The third-order valence-corrected chi connectivity index (χ3v) is 3.94. The van der Waals surface area contributed by atoms with Gasteiger partial charge in [0.2, 0.25) is 5.91 Å². The summed E-state index contributed by atoms with van der Waals surface area (Å²) in [5.74, 6) is -2.19. The van der Waals surface area contributed by atoms with Crippen LogP contribution in [0.3, 0.4) is 0 Å². The average molecular weight is 320 g/mol. The molecule has 7 nitrogen and oxygen atoms in total.